The Morgan fingerprint density at radius 1 is 0.958 bits per heavy atom. The molecule has 2 aromatic carbocycles. The molecule has 126 valence electrons. The third-order valence-corrected chi connectivity index (χ3v) is 3.82. The molecular formula is C18H20ClN3O2. The first-order valence-electron chi connectivity index (χ1n) is 7.39. The Bertz CT molecular complexity index is 773. The van der Waals surface area contributed by atoms with Gasteiger partial charge in [0.2, 0.25) is 0 Å². The first-order valence-corrected chi connectivity index (χ1v) is 7.77. The van der Waals surface area contributed by atoms with Gasteiger partial charge in [0.1, 0.15) is 0 Å². The largest absolute Gasteiger partial charge is 0.378 e. The molecule has 1 N–H and O–H groups in total. The fraction of sp³-hybridized carbons (Fsp3) is 0.222. The van der Waals surface area contributed by atoms with E-state index in [1.807, 2.05) is 31.1 Å². The van der Waals surface area contributed by atoms with Crippen LogP contribution in [-0.2, 0) is 0 Å². The van der Waals surface area contributed by atoms with Crippen molar-refractivity contribution in [2.24, 2.45) is 0 Å². The van der Waals surface area contributed by atoms with Gasteiger partial charge in [-0.2, -0.15) is 0 Å². The number of carbonyl (C=O) groups excluding carboxylic acids is 2. The van der Waals surface area contributed by atoms with E-state index >= 15 is 0 Å². The van der Waals surface area contributed by atoms with Gasteiger partial charge in [-0.25, -0.2) is 0 Å². The van der Waals surface area contributed by atoms with E-state index in [1.165, 1.54) is 4.90 Å². The number of rotatable bonds is 4. The van der Waals surface area contributed by atoms with Gasteiger partial charge in [0, 0.05) is 45.0 Å². The molecule has 24 heavy (non-hydrogen) atoms. The number of nitrogens with one attached hydrogen (secondary N) is 1. The summed E-state index contributed by atoms with van der Waals surface area (Å²) in [5.41, 5.74) is 2.30. The predicted molar refractivity (Wildman–Crippen MR) is 98.2 cm³/mol. The molecule has 0 aliphatic carbocycles. The van der Waals surface area contributed by atoms with Crippen LogP contribution in [0.25, 0.3) is 0 Å². The van der Waals surface area contributed by atoms with E-state index in [1.54, 1.807) is 44.4 Å². The zero-order valence-corrected chi connectivity index (χ0v) is 14.9. The fourth-order valence-corrected chi connectivity index (χ4v) is 2.30. The van der Waals surface area contributed by atoms with E-state index in [4.69, 9.17) is 11.6 Å². The lowest BCUT2D eigenvalue weighted by atomic mass is 10.1. The first kappa shape index (κ1) is 17.8. The van der Waals surface area contributed by atoms with Gasteiger partial charge in [0.15, 0.2) is 0 Å². The lowest BCUT2D eigenvalue weighted by Gasteiger charge is -2.15. The standard InChI is InChI=1S/C18H20ClN3O2/c1-21(2)14-7-5-6-12(10-14)17(23)20-16-11-13(8-9-15(16)19)18(24)22(3)4/h5-11H,1-4H3,(H,20,23). The van der Waals surface area contributed by atoms with Crippen molar-refractivity contribution >= 4 is 34.8 Å². The number of anilines is 2. The highest BCUT2D eigenvalue weighted by Crippen LogP contribution is 2.24. The highest BCUT2D eigenvalue weighted by atomic mass is 35.5. The van der Waals surface area contributed by atoms with Gasteiger partial charge in [-0.05, 0) is 36.4 Å². The normalized spacial score (nSPS) is 10.2. The monoisotopic (exact) mass is 345 g/mol. The summed E-state index contributed by atoms with van der Waals surface area (Å²) in [6.07, 6.45) is 0. The second-order valence-electron chi connectivity index (χ2n) is 5.79. The van der Waals surface area contributed by atoms with E-state index in [0.29, 0.717) is 21.8 Å². The maximum Gasteiger partial charge on any atom is 0.255 e. The summed E-state index contributed by atoms with van der Waals surface area (Å²) in [7, 11) is 7.15. The van der Waals surface area contributed by atoms with Crippen LogP contribution in [0.2, 0.25) is 5.02 Å². The highest BCUT2D eigenvalue weighted by molar-refractivity contribution is 6.34. The average Bonchev–Trinajstić information content (AvgIpc) is 2.56. The Morgan fingerprint density at radius 2 is 1.67 bits per heavy atom. The van der Waals surface area contributed by atoms with Crippen LogP contribution in [0.1, 0.15) is 20.7 Å². The molecule has 0 saturated carbocycles. The van der Waals surface area contributed by atoms with Gasteiger partial charge in [-0.15, -0.1) is 0 Å². The lowest BCUT2D eigenvalue weighted by Crippen LogP contribution is -2.22. The van der Waals surface area contributed by atoms with Gasteiger partial charge in [-0.1, -0.05) is 17.7 Å². The van der Waals surface area contributed by atoms with E-state index in [0.717, 1.165) is 5.69 Å². The highest BCUT2D eigenvalue weighted by Gasteiger charge is 2.14. The second kappa shape index (κ2) is 7.36. The molecule has 0 aromatic heterocycles. The van der Waals surface area contributed by atoms with Gasteiger partial charge >= 0.3 is 0 Å². The molecule has 0 aliphatic rings. The molecule has 0 atom stereocenters. The van der Waals surface area contributed by atoms with Crippen molar-refractivity contribution in [1.82, 2.24) is 4.90 Å². The number of amides is 2. The predicted octanol–water partition coefficient (Wildman–Crippen LogP) is 3.36. The minimum atomic E-state index is -0.282. The van der Waals surface area contributed by atoms with Gasteiger partial charge < -0.3 is 15.1 Å². The van der Waals surface area contributed by atoms with Crippen LogP contribution >= 0.6 is 11.6 Å². The number of benzene rings is 2. The quantitative estimate of drug-likeness (QED) is 0.924. The Hall–Kier alpha value is -2.53. The van der Waals surface area contributed by atoms with Crippen LogP contribution in [0.5, 0.6) is 0 Å². The molecule has 0 spiro atoms. The van der Waals surface area contributed by atoms with Gasteiger partial charge in [0.05, 0.1) is 10.7 Å². The molecule has 2 amide bonds. The summed E-state index contributed by atoms with van der Waals surface area (Å²) in [5, 5.41) is 3.14. The average molecular weight is 346 g/mol. The summed E-state index contributed by atoms with van der Waals surface area (Å²) >= 11 is 6.15. The van der Waals surface area contributed by atoms with Crippen LogP contribution in [0.15, 0.2) is 42.5 Å². The number of hydrogen-bond donors (Lipinski definition) is 1. The third-order valence-electron chi connectivity index (χ3n) is 3.49. The van der Waals surface area contributed by atoms with Crippen LogP contribution in [0, 0.1) is 0 Å². The van der Waals surface area contributed by atoms with Gasteiger partial charge in [-0.3, -0.25) is 9.59 Å². The molecule has 5 nitrogen and oxygen atoms in total. The zero-order chi connectivity index (χ0) is 17.9. The number of halogens is 1. The van der Waals surface area contributed by atoms with Crippen LogP contribution in [-0.4, -0.2) is 44.9 Å². The van der Waals surface area contributed by atoms with Crippen molar-refractivity contribution in [3.8, 4) is 0 Å². The molecule has 6 heteroatoms. The molecule has 0 fully saturated rings. The fourth-order valence-electron chi connectivity index (χ4n) is 2.13. The smallest absolute Gasteiger partial charge is 0.255 e. The van der Waals surface area contributed by atoms with Gasteiger partial charge in [0.25, 0.3) is 11.8 Å². The second-order valence-corrected chi connectivity index (χ2v) is 6.20. The van der Waals surface area contributed by atoms with E-state index in [2.05, 4.69) is 5.32 Å². The lowest BCUT2D eigenvalue weighted by molar-refractivity contribution is 0.0827. The molecular weight excluding hydrogens is 326 g/mol. The van der Waals surface area contributed by atoms with Crippen molar-refractivity contribution < 1.29 is 9.59 Å². The molecule has 0 heterocycles. The Morgan fingerprint density at radius 3 is 2.29 bits per heavy atom. The van der Waals surface area contributed by atoms with Crippen molar-refractivity contribution in [3.05, 3.63) is 58.6 Å². The molecule has 0 aliphatic heterocycles. The van der Waals surface area contributed by atoms with Crippen molar-refractivity contribution in [2.75, 3.05) is 38.4 Å². The maximum absolute atomic E-state index is 12.5. The number of carbonyl (C=O) groups is 2. The van der Waals surface area contributed by atoms with Crippen LogP contribution in [0.3, 0.4) is 0 Å². The Kier molecular flexibility index (Phi) is 5.46. The topological polar surface area (TPSA) is 52.7 Å². The molecule has 0 saturated heterocycles. The molecule has 2 rings (SSSR count). The third kappa shape index (κ3) is 4.06. The Labute approximate surface area is 146 Å². The summed E-state index contributed by atoms with van der Waals surface area (Å²) < 4.78 is 0. The Balaban J connectivity index is 2.27. The van der Waals surface area contributed by atoms with Crippen LogP contribution in [0.4, 0.5) is 11.4 Å². The van der Waals surface area contributed by atoms with Crippen molar-refractivity contribution in [2.45, 2.75) is 0 Å². The van der Waals surface area contributed by atoms with E-state index in [-0.39, 0.29) is 11.8 Å². The van der Waals surface area contributed by atoms with Crippen molar-refractivity contribution in [1.29, 1.82) is 0 Å². The summed E-state index contributed by atoms with van der Waals surface area (Å²) in [5.74, 6) is -0.438. The maximum atomic E-state index is 12.5. The van der Waals surface area contributed by atoms with Crippen molar-refractivity contribution in [3.63, 3.8) is 0 Å². The molecule has 0 radical (unpaired) electrons. The SMILES string of the molecule is CN(C)C(=O)c1ccc(Cl)c(NC(=O)c2cccc(N(C)C)c2)c1. The summed E-state index contributed by atoms with van der Waals surface area (Å²) in [6, 6.07) is 12.1. The number of nitrogens with zero attached hydrogens (tertiary/aromatic N) is 2. The number of hydrogen-bond acceptors (Lipinski definition) is 3. The van der Waals surface area contributed by atoms with E-state index < -0.39 is 0 Å². The van der Waals surface area contributed by atoms with E-state index in [9.17, 15) is 9.59 Å². The first-order chi connectivity index (χ1) is 11.3. The summed E-state index contributed by atoms with van der Waals surface area (Å²) in [6.45, 7) is 0. The minimum absolute atomic E-state index is 0.156. The molecule has 2 aromatic rings. The zero-order valence-electron chi connectivity index (χ0n) is 14.1. The summed E-state index contributed by atoms with van der Waals surface area (Å²) in [4.78, 5) is 27.9. The molecule has 0 unspecified atom stereocenters. The minimum Gasteiger partial charge on any atom is -0.378 e. The van der Waals surface area contributed by atoms with Crippen LogP contribution < -0.4 is 10.2 Å². The molecule has 0 bridgehead atoms.